The minimum atomic E-state index is 0.0185. The van der Waals surface area contributed by atoms with Crippen LogP contribution in [-0.4, -0.2) is 51.5 Å². The van der Waals surface area contributed by atoms with Crippen molar-refractivity contribution < 1.29 is 14.2 Å². The molecule has 8 nitrogen and oxygen atoms in total. The van der Waals surface area contributed by atoms with Gasteiger partial charge in [-0.25, -0.2) is 14.3 Å². The van der Waals surface area contributed by atoms with Crippen molar-refractivity contribution in [1.82, 2.24) is 24.5 Å². The molecule has 1 atom stereocenters. The molecule has 0 amide bonds. The van der Waals surface area contributed by atoms with Gasteiger partial charge in [0.25, 0.3) is 0 Å². The van der Waals surface area contributed by atoms with Crippen LogP contribution in [-0.2, 0) is 22.3 Å². The fourth-order valence-electron chi connectivity index (χ4n) is 4.32. The maximum absolute atomic E-state index is 5.89. The lowest BCUT2D eigenvalue weighted by Crippen LogP contribution is -2.18. The fourth-order valence-corrected chi connectivity index (χ4v) is 4.32. The molecule has 30 heavy (non-hydrogen) atoms. The van der Waals surface area contributed by atoms with Crippen LogP contribution < -0.4 is 4.74 Å². The van der Waals surface area contributed by atoms with Crippen molar-refractivity contribution in [1.29, 1.82) is 0 Å². The molecule has 158 valence electrons. The van der Waals surface area contributed by atoms with Crippen LogP contribution in [0.15, 0.2) is 24.7 Å². The molecule has 1 saturated heterocycles. The Morgan fingerprint density at radius 2 is 2.03 bits per heavy atom. The first kappa shape index (κ1) is 19.3. The molecule has 2 aliphatic heterocycles. The highest BCUT2D eigenvalue weighted by atomic mass is 16.5. The van der Waals surface area contributed by atoms with Gasteiger partial charge in [-0.3, -0.25) is 0 Å². The zero-order chi connectivity index (χ0) is 20.5. The zero-order valence-corrected chi connectivity index (χ0v) is 17.5. The number of methoxy groups -OCH3 is 1. The summed E-state index contributed by atoms with van der Waals surface area (Å²) in [5.41, 5.74) is 6.29. The van der Waals surface area contributed by atoms with Gasteiger partial charge in [-0.1, -0.05) is 0 Å². The van der Waals surface area contributed by atoms with Crippen molar-refractivity contribution >= 4 is 0 Å². The Bertz CT molecular complexity index is 1040. The molecule has 0 radical (unpaired) electrons. The van der Waals surface area contributed by atoms with E-state index in [0.29, 0.717) is 19.1 Å². The van der Waals surface area contributed by atoms with E-state index < -0.39 is 0 Å². The molecular weight excluding hydrogens is 382 g/mol. The third-order valence-corrected chi connectivity index (χ3v) is 5.85. The molecule has 0 N–H and O–H groups in total. The Hall–Kier alpha value is -2.71. The number of aryl methyl sites for hydroxylation is 1. The van der Waals surface area contributed by atoms with Crippen LogP contribution in [0.1, 0.15) is 42.3 Å². The first-order chi connectivity index (χ1) is 14.7. The van der Waals surface area contributed by atoms with Crippen LogP contribution in [0.5, 0.6) is 5.88 Å². The van der Waals surface area contributed by atoms with Crippen LogP contribution >= 0.6 is 0 Å². The molecule has 3 aromatic heterocycles. The van der Waals surface area contributed by atoms with Crippen molar-refractivity contribution in [3.05, 3.63) is 41.5 Å². The molecule has 3 aromatic rings. The average Bonchev–Trinajstić information content (AvgIpc) is 3.32. The van der Waals surface area contributed by atoms with Crippen LogP contribution in [0.4, 0.5) is 0 Å². The molecule has 0 spiro atoms. The first-order valence-corrected chi connectivity index (χ1v) is 10.6. The number of nitrogens with zero attached hydrogens (tertiary/aromatic N) is 5. The molecule has 8 heteroatoms. The molecule has 1 unspecified atom stereocenters. The number of pyridine rings is 1. The molecule has 0 saturated carbocycles. The van der Waals surface area contributed by atoms with Gasteiger partial charge in [0.1, 0.15) is 6.23 Å². The number of rotatable bonds is 4. The maximum Gasteiger partial charge on any atom is 0.216 e. The largest absolute Gasteiger partial charge is 0.481 e. The Kier molecular flexibility index (Phi) is 5.26. The minimum Gasteiger partial charge on any atom is -0.481 e. The van der Waals surface area contributed by atoms with E-state index in [2.05, 4.69) is 22.3 Å². The Morgan fingerprint density at radius 1 is 1.13 bits per heavy atom. The lowest BCUT2D eigenvalue weighted by atomic mass is 10.0. The third kappa shape index (κ3) is 3.50. The van der Waals surface area contributed by atoms with Crippen molar-refractivity contribution in [2.75, 3.05) is 26.9 Å². The van der Waals surface area contributed by atoms with Gasteiger partial charge in [-0.05, 0) is 38.7 Å². The molecule has 0 aliphatic carbocycles. The lowest BCUT2D eigenvalue weighted by molar-refractivity contribution is -0.0394. The minimum absolute atomic E-state index is 0.0185. The number of hydrogen-bond acceptors (Lipinski definition) is 6. The zero-order valence-electron chi connectivity index (χ0n) is 17.5. The van der Waals surface area contributed by atoms with E-state index in [1.165, 1.54) is 17.7 Å². The van der Waals surface area contributed by atoms with Crippen LogP contribution in [0.3, 0.4) is 0 Å². The van der Waals surface area contributed by atoms with Crippen LogP contribution in [0.2, 0.25) is 0 Å². The van der Waals surface area contributed by atoms with Gasteiger partial charge in [0.15, 0.2) is 0 Å². The van der Waals surface area contributed by atoms with E-state index in [9.17, 15) is 0 Å². The van der Waals surface area contributed by atoms with Crippen LogP contribution in [0, 0.1) is 6.92 Å². The summed E-state index contributed by atoms with van der Waals surface area (Å²) in [7, 11) is 1.64. The number of fused-ring (bicyclic) bond motifs is 1. The number of aromatic nitrogens is 5. The molecule has 0 aromatic carbocycles. The summed E-state index contributed by atoms with van der Waals surface area (Å²) in [6.45, 7) is 4.18. The molecule has 1 fully saturated rings. The van der Waals surface area contributed by atoms with E-state index in [1.807, 2.05) is 28.7 Å². The topological polar surface area (TPSA) is 76.2 Å². The van der Waals surface area contributed by atoms with Crippen molar-refractivity contribution in [3.63, 3.8) is 0 Å². The van der Waals surface area contributed by atoms with Gasteiger partial charge in [0, 0.05) is 35.9 Å². The van der Waals surface area contributed by atoms with E-state index in [1.54, 1.807) is 7.11 Å². The maximum atomic E-state index is 5.89. The number of hydrogen-bond donors (Lipinski definition) is 0. The number of ether oxygens (including phenoxy) is 3. The van der Waals surface area contributed by atoms with Gasteiger partial charge < -0.3 is 14.2 Å². The molecular formula is C22H27N5O3. The monoisotopic (exact) mass is 409 g/mol. The van der Waals surface area contributed by atoms with Gasteiger partial charge >= 0.3 is 0 Å². The summed E-state index contributed by atoms with van der Waals surface area (Å²) in [6, 6.07) is 2.06. The highest BCUT2D eigenvalue weighted by molar-refractivity contribution is 5.64. The normalized spacial score (nSPS) is 19.3. The molecule has 5 heterocycles. The highest BCUT2D eigenvalue weighted by Gasteiger charge is 2.24. The van der Waals surface area contributed by atoms with Crippen molar-refractivity contribution in [2.45, 2.75) is 45.3 Å². The average molecular weight is 409 g/mol. The second kappa shape index (κ2) is 8.20. The predicted octanol–water partition coefficient (Wildman–Crippen LogP) is 3.26. The Labute approximate surface area is 175 Å². The summed E-state index contributed by atoms with van der Waals surface area (Å²) in [6.07, 6.45) is 10.7. The summed E-state index contributed by atoms with van der Waals surface area (Å²) < 4.78 is 20.9. The summed E-state index contributed by atoms with van der Waals surface area (Å²) in [5.74, 6) is 0.634. The van der Waals surface area contributed by atoms with E-state index in [0.717, 1.165) is 54.8 Å². The fraction of sp³-hybridized carbons (Fsp3) is 0.500. The SMILES string of the molecule is COc1ncc(-n2nc(-c3cnn(C4CCCCO4)c3)c3c2CCOCC3)cc1C. The summed E-state index contributed by atoms with van der Waals surface area (Å²) in [5, 5.41) is 9.60. The standard InChI is InChI=1S/C22H27N5O3/c1-15-11-17(13-23-22(15)28-2)27-19-7-10-29-9-6-18(19)21(25-27)16-12-24-26(14-16)20-5-3-4-8-30-20/h11-14,20H,3-10H2,1-2H3. The predicted molar refractivity (Wildman–Crippen MR) is 111 cm³/mol. The highest BCUT2D eigenvalue weighted by Crippen LogP contribution is 2.32. The molecule has 0 bridgehead atoms. The Balaban J connectivity index is 1.56. The van der Waals surface area contributed by atoms with Gasteiger partial charge in [-0.15, -0.1) is 0 Å². The first-order valence-electron chi connectivity index (χ1n) is 10.6. The Morgan fingerprint density at radius 3 is 2.83 bits per heavy atom. The van der Waals surface area contributed by atoms with Gasteiger partial charge in [0.2, 0.25) is 5.88 Å². The summed E-state index contributed by atoms with van der Waals surface area (Å²) in [4.78, 5) is 4.45. The smallest absolute Gasteiger partial charge is 0.216 e. The second-order valence-corrected chi connectivity index (χ2v) is 7.85. The lowest BCUT2D eigenvalue weighted by Gasteiger charge is -2.22. The molecule has 5 rings (SSSR count). The van der Waals surface area contributed by atoms with E-state index in [-0.39, 0.29) is 6.23 Å². The van der Waals surface area contributed by atoms with Gasteiger partial charge in [-0.2, -0.15) is 10.2 Å². The van der Waals surface area contributed by atoms with Crippen LogP contribution in [0.25, 0.3) is 16.9 Å². The second-order valence-electron chi connectivity index (χ2n) is 7.85. The quantitative estimate of drug-likeness (QED) is 0.658. The molecule has 2 aliphatic rings. The van der Waals surface area contributed by atoms with Crippen molar-refractivity contribution in [2.24, 2.45) is 0 Å². The summed E-state index contributed by atoms with van der Waals surface area (Å²) >= 11 is 0. The third-order valence-electron chi connectivity index (χ3n) is 5.85. The van der Waals surface area contributed by atoms with E-state index in [4.69, 9.17) is 19.3 Å². The van der Waals surface area contributed by atoms with E-state index >= 15 is 0 Å². The van der Waals surface area contributed by atoms with Crippen molar-refractivity contribution in [3.8, 4) is 22.8 Å². The van der Waals surface area contributed by atoms with Gasteiger partial charge in [0.05, 0.1) is 49.8 Å².